The minimum Gasteiger partial charge on any atom is -0.342 e. The summed E-state index contributed by atoms with van der Waals surface area (Å²) in [5.41, 5.74) is 5.59. The van der Waals surface area contributed by atoms with E-state index in [0.717, 1.165) is 19.3 Å². The Balaban J connectivity index is 2.00. The van der Waals surface area contributed by atoms with Gasteiger partial charge in [0.1, 0.15) is 0 Å². The van der Waals surface area contributed by atoms with E-state index in [4.69, 9.17) is 5.73 Å². The number of nitrogens with two attached hydrogens (primary N) is 1. The Hall–Kier alpha value is -0.780. The Labute approximate surface area is 117 Å². The van der Waals surface area contributed by atoms with Crippen molar-refractivity contribution >= 4 is 5.91 Å². The van der Waals surface area contributed by atoms with Gasteiger partial charge in [-0.15, -0.1) is 0 Å². The zero-order valence-electron chi connectivity index (χ0n) is 11.7. The fourth-order valence-electron chi connectivity index (χ4n) is 3.44. The van der Waals surface area contributed by atoms with Crippen LogP contribution in [0.15, 0.2) is 0 Å². The topological polar surface area (TPSA) is 46.3 Å². The predicted molar refractivity (Wildman–Crippen MR) is 69.9 cm³/mol. The fourth-order valence-corrected chi connectivity index (χ4v) is 3.44. The molecule has 1 saturated carbocycles. The Bertz CT molecular complexity index is 338. The quantitative estimate of drug-likeness (QED) is 0.850. The molecule has 2 aliphatic rings. The molecule has 2 unspecified atom stereocenters. The van der Waals surface area contributed by atoms with Crippen molar-refractivity contribution in [1.29, 1.82) is 0 Å². The first-order valence-electron chi connectivity index (χ1n) is 7.49. The molecule has 0 aromatic heterocycles. The van der Waals surface area contributed by atoms with Crippen molar-refractivity contribution in [2.45, 2.75) is 44.7 Å². The van der Waals surface area contributed by atoms with Gasteiger partial charge >= 0.3 is 6.18 Å². The molecule has 0 spiro atoms. The summed E-state index contributed by atoms with van der Waals surface area (Å²) in [6.45, 7) is 1.71. The maximum atomic E-state index is 13.0. The first-order chi connectivity index (χ1) is 9.43. The van der Waals surface area contributed by atoms with Crippen molar-refractivity contribution < 1.29 is 18.0 Å². The second-order valence-corrected chi connectivity index (χ2v) is 6.04. The van der Waals surface area contributed by atoms with Crippen molar-refractivity contribution in [2.24, 2.45) is 23.5 Å². The highest BCUT2D eigenvalue weighted by molar-refractivity contribution is 5.79. The van der Waals surface area contributed by atoms with E-state index >= 15 is 0 Å². The van der Waals surface area contributed by atoms with E-state index in [9.17, 15) is 18.0 Å². The van der Waals surface area contributed by atoms with Gasteiger partial charge in [-0.05, 0) is 38.1 Å². The summed E-state index contributed by atoms with van der Waals surface area (Å²) in [6, 6.07) is 0. The normalized spacial score (nSPS) is 29.5. The number of alkyl halides is 3. The van der Waals surface area contributed by atoms with Gasteiger partial charge in [0.15, 0.2) is 0 Å². The second-order valence-electron chi connectivity index (χ2n) is 6.04. The molecule has 6 heteroatoms. The van der Waals surface area contributed by atoms with Gasteiger partial charge in [-0.25, -0.2) is 0 Å². The van der Waals surface area contributed by atoms with Gasteiger partial charge in [0.2, 0.25) is 5.91 Å². The largest absolute Gasteiger partial charge is 0.392 e. The minimum atomic E-state index is -4.25. The van der Waals surface area contributed by atoms with Crippen LogP contribution in [-0.4, -0.2) is 36.6 Å². The van der Waals surface area contributed by atoms with Gasteiger partial charge < -0.3 is 10.6 Å². The van der Waals surface area contributed by atoms with E-state index in [2.05, 4.69) is 0 Å². The first-order valence-corrected chi connectivity index (χ1v) is 7.49. The molecule has 2 N–H and O–H groups in total. The van der Waals surface area contributed by atoms with Crippen LogP contribution in [0.25, 0.3) is 0 Å². The minimum absolute atomic E-state index is 0.0964. The molecular weight excluding hydrogens is 269 g/mol. The predicted octanol–water partition coefficient (Wildman–Crippen LogP) is 2.55. The van der Waals surface area contributed by atoms with Gasteiger partial charge in [-0.3, -0.25) is 4.79 Å². The lowest BCUT2D eigenvalue weighted by atomic mass is 9.77. The summed E-state index contributed by atoms with van der Waals surface area (Å²) in [5.74, 6) is -2.19. The lowest BCUT2D eigenvalue weighted by Gasteiger charge is -2.38. The number of nitrogens with zero attached hydrogens (tertiary/aromatic N) is 1. The van der Waals surface area contributed by atoms with Crippen LogP contribution in [0, 0.1) is 17.8 Å². The second kappa shape index (κ2) is 6.33. The molecular formula is C14H23F3N2O. The number of amides is 1. The Morgan fingerprint density at radius 2 is 1.70 bits per heavy atom. The Morgan fingerprint density at radius 3 is 2.25 bits per heavy atom. The molecule has 0 bridgehead atoms. The number of carbonyl (C=O) groups excluding carboxylic acids is 1. The van der Waals surface area contributed by atoms with Crippen LogP contribution in [-0.2, 0) is 4.79 Å². The van der Waals surface area contributed by atoms with Crippen LogP contribution in [0.4, 0.5) is 13.2 Å². The third-order valence-electron chi connectivity index (χ3n) is 4.76. The molecule has 0 radical (unpaired) electrons. The summed E-state index contributed by atoms with van der Waals surface area (Å²) >= 11 is 0. The Kier molecular flexibility index (Phi) is 4.94. The summed E-state index contributed by atoms with van der Waals surface area (Å²) in [5, 5.41) is 0. The average molecular weight is 292 g/mol. The van der Waals surface area contributed by atoms with Crippen molar-refractivity contribution in [2.75, 3.05) is 19.6 Å². The van der Waals surface area contributed by atoms with Crippen LogP contribution in [0.1, 0.15) is 38.5 Å². The number of halogens is 3. The zero-order chi connectivity index (χ0) is 14.8. The van der Waals surface area contributed by atoms with Gasteiger partial charge in [0.05, 0.1) is 5.92 Å². The van der Waals surface area contributed by atoms with Crippen LogP contribution in [0.3, 0.4) is 0 Å². The van der Waals surface area contributed by atoms with Crippen molar-refractivity contribution in [1.82, 2.24) is 4.90 Å². The first kappa shape index (κ1) is 15.6. The molecule has 0 aromatic carbocycles. The summed E-state index contributed by atoms with van der Waals surface area (Å²) in [6.07, 6.45) is -0.863. The third-order valence-corrected chi connectivity index (χ3v) is 4.76. The molecule has 116 valence electrons. The number of hydrogen-bond acceptors (Lipinski definition) is 2. The van der Waals surface area contributed by atoms with Crippen LogP contribution < -0.4 is 5.73 Å². The zero-order valence-corrected chi connectivity index (χ0v) is 11.7. The van der Waals surface area contributed by atoms with Crippen molar-refractivity contribution in [3.05, 3.63) is 0 Å². The van der Waals surface area contributed by atoms with E-state index in [1.165, 1.54) is 0 Å². The number of piperidine rings is 1. The van der Waals surface area contributed by atoms with Crippen LogP contribution >= 0.6 is 0 Å². The SMILES string of the molecule is NCC1CCN(C(=O)C2CCCCC2C(F)(F)F)CC1. The van der Waals surface area contributed by atoms with E-state index in [0.29, 0.717) is 38.4 Å². The number of likely N-dealkylation sites (tertiary alicyclic amines) is 1. The number of hydrogen-bond donors (Lipinski definition) is 1. The maximum Gasteiger partial charge on any atom is 0.392 e. The molecule has 1 heterocycles. The van der Waals surface area contributed by atoms with Gasteiger partial charge in [-0.2, -0.15) is 13.2 Å². The summed E-state index contributed by atoms with van der Waals surface area (Å²) in [4.78, 5) is 14.0. The Morgan fingerprint density at radius 1 is 1.10 bits per heavy atom. The van der Waals surface area contributed by atoms with E-state index in [-0.39, 0.29) is 12.3 Å². The van der Waals surface area contributed by atoms with E-state index < -0.39 is 18.0 Å². The molecule has 2 atom stereocenters. The summed E-state index contributed by atoms with van der Waals surface area (Å²) in [7, 11) is 0. The van der Waals surface area contributed by atoms with Gasteiger partial charge in [0.25, 0.3) is 0 Å². The van der Waals surface area contributed by atoms with Crippen molar-refractivity contribution in [3.8, 4) is 0 Å². The molecule has 2 rings (SSSR count). The average Bonchev–Trinajstić information content (AvgIpc) is 2.46. The molecule has 20 heavy (non-hydrogen) atoms. The highest BCUT2D eigenvalue weighted by Crippen LogP contribution is 2.42. The molecule has 1 saturated heterocycles. The monoisotopic (exact) mass is 292 g/mol. The standard InChI is InChI=1S/C14H23F3N2O/c15-14(16,17)12-4-2-1-3-11(12)13(20)19-7-5-10(9-18)6-8-19/h10-12H,1-9,18H2. The lowest BCUT2D eigenvalue weighted by molar-refractivity contribution is -0.201. The maximum absolute atomic E-state index is 13.0. The summed E-state index contributed by atoms with van der Waals surface area (Å²) < 4.78 is 39.1. The smallest absolute Gasteiger partial charge is 0.342 e. The fraction of sp³-hybridized carbons (Fsp3) is 0.929. The van der Waals surface area contributed by atoms with Gasteiger partial charge in [0, 0.05) is 19.0 Å². The lowest BCUT2D eigenvalue weighted by Crippen LogP contribution is -2.47. The van der Waals surface area contributed by atoms with Crippen molar-refractivity contribution in [3.63, 3.8) is 0 Å². The molecule has 2 fully saturated rings. The van der Waals surface area contributed by atoms with E-state index in [1.807, 2.05) is 0 Å². The van der Waals surface area contributed by atoms with Crippen LogP contribution in [0.5, 0.6) is 0 Å². The molecule has 3 nitrogen and oxygen atoms in total. The highest BCUT2D eigenvalue weighted by atomic mass is 19.4. The van der Waals surface area contributed by atoms with Crippen LogP contribution in [0.2, 0.25) is 0 Å². The van der Waals surface area contributed by atoms with E-state index in [1.54, 1.807) is 4.90 Å². The molecule has 1 aliphatic heterocycles. The number of carbonyl (C=O) groups is 1. The molecule has 1 amide bonds. The highest BCUT2D eigenvalue weighted by Gasteiger charge is 2.49. The third kappa shape index (κ3) is 3.45. The molecule has 1 aliphatic carbocycles. The number of rotatable bonds is 2. The molecule has 0 aromatic rings. The van der Waals surface area contributed by atoms with Gasteiger partial charge in [-0.1, -0.05) is 12.8 Å².